The van der Waals surface area contributed by atoms with Gasteiger partial charge < -0.3 is 0 Å². The fraction of sp³-hybridized carbons (Fsp3) is 1.00. The van der Waals surface area contributed by atoms with Crippen LogP contribution in [0.25, 0.3) is 0 Å². The van der Waals surface area contributed by atoms with Gasteiger partial charge in [0.05, 0.1) is 0 Å². The molecule has 0 N–H and O–H groups in total. The summed E-state index contributed by atoms with van der Waals surface area (Å²) in [6.45, 7) is 2.19. The van der Waals surface area contributed by atoms with Gasteiger partial charge in [0.1, 0.15) is 0 Å². The highest BCUT2D eigenvalue weighted by Crippen LogP contribution is 1.49. The van der Waals surface area contributed by atoms with Crippen LogP contribution in [0.5, 0.6) is 0 Å². The molecule has 0 aromatic rings. The Morgan fingerprint density at radius 3 is 1.75 bits per heavy atom. The average Bonchev–Trinajstić information content (AvgIpc) is 0.918. The maximum absolute atomic E-state index is 2.19. The molecule has 0 aromatic heterocycles. The maximum atomic E-state index is 2.19. The summed E-state index contributed by atoms with van der Waals surface area (Å²) in [5.74, 6) is 0. The lowest BCUT2D eigenvalue weighted by molar-refractivity contribution is 1.48. The molecule has 0 aliphatic carbocycles. The molecular weight excluding hydrogens is 78.0 g/mol. The highest BCUT2D eigenvalue weighted by molar-refractivity contribution is 6.08. The molecule has 0 fully saturated rings. The zero-order valence-corrected chi connectivity index (χ0v) is 4.71. The predicted molar refractivity (Wildman–Crippen MR) is 29.0 cm³/mol. The van der Waals surface area contributed by atoms with Crippen LogP contribution in [0.2, 0.25) is 5.28 Å². The first-order chi connectivity index (χ1) is 1.41. The fourth-order valence-corrected chi connectivity index (χ4v) is 0. The zero-order valence-electron chi connectivity index (χ0n) is 2.71. The van der Waals surface area contributed by atoms with Gasteiger partial charge in [0, 0.05) is 0 Å². The zero-order chi connectivity index (χ0) is 2.71. The van der Waals surface area contributed by atoms with Crippen molar-refractivity contribution in [3.63, 3.8) is 0 Å². The van der Waals surface area contributed by atoms with E-state index in [1.807, 2.05) is 0 Å². The van der Waals surface area contributed by atoms with Gasteiger partial charge in [-0.3, -0.25) is 0 Å². The van der Waals surface area contributed by atoms with E-state index in [2.05, 4.69) is 6.92 Å². The molecule has 0 amide bonds. The van der Waals surface area contributed by atoms with Gasteiger partial charge in [0.2, 0.25) is 16.3 Å². The minimum atomic E-state index is 0. The molecule has 0 atom stereocenters. The molecule has 0 rings (SSSR count). The van der Waals surface area contributed by atoms with Crippen LogP contribution in [0.15, 0.2) is 0 Å². The Bertz CT molecular complexity index is 4.00. The molecule has 0 saturated carbocycles. The molecule has 24 valence electrons. The molecule has 0 radical (unpaired) electrons. The van der Waals surface area contributed by atoms with Gasteiger partial charge in [-0.2, -0.15) is 0 Å². The molecule has 0 aliphatic heterocycles. The van der Waals surface area contributed by atoms with Gasteiger partial charge in [0.25, 0.3) is 0 Å². The van der Waals surface area contributed by atoms with Crippen LogP contribution in [0.4, 0.5) is 0 Å². The molecule has 0 unspecified atom stereocenters. The first kappa shape index (κ1) is 8.91. The van der Waals surface area contributed by atoms with E-state index >= 15 is 0 Å². The van der Waals surface area contributed by atoms with E-state index in [1.54, 1.807) is 0 Å². The first-order valence-electron chi connectivity index (χ1n) is 1.41. The van der Waals surface area contributed by atoms with Crippen molar-refractivity contribution < 1.29 is 0 Å². The van der Waals surface area contributed by atoms with Crippen LogP contribution in [0.1, 0.15) is 6.92 Å². The molecule has 2 heteroatoms. The van der Waals surface area contributed by atoms with Crippen LogP contribution in [0, 0.1) is 0 Å². The highest BCUT2D eigenvalue weighted by atomic mass is 27.0. The van der Waals surface area contributed by atoms with E-state index in [0.29, 0.717) is 0 Å². The van der Waals surface area contributed by atoms with Crippen molar-refractivity contribution in [2.75, 3.05) is 0 Å². The van der Waals surface area contributed by atoms with E-state index in [9.17, 15) is 0 Å². The van der Waals surface area contributed by atoms with Gasteiger partial charge in [-0.1, -0.05) is 6.92 Å². The lowest BCUT2D eigenvalue weighted by atomic mass is 11.0. The Hall–Kier alpha value is 1.06. The second-order valence-electron chi connectivity index (χ2n) is 0.707. The van der Waals surface area contributed by atoms with Crippen LogP contribution >= 0.6 is 0 Å². The van der Waals surface area contributed by atoms with Gasteiger partial charge in [-0.05, 0) is 0 Å². The Morgan fingerprint density at radius 2 is 1.75 bits per heavy atom. The molecule has 4 heavy (non-hydrogen) atoms. The molecule has 0 spiro atoms. The Kier molecular flexibility index (Phi) is 19.9. The van der Waals surface area contributed by atoms with E-state index in [-0.39, 0.29) is 17.4 Å². The average molecular weight is 88.1 g/mol. The van der Waals surface area contributed by atoms with Crippen LogP contribution in [0.3, 0.4) is 0 Å². The summed E-state index contributed by atoms with van der Waals surface area (Å²) < 4.78 is 0. The molecule has 0 aliphatic rings. The normalized spacial score (nSPS) is 4.25. The van der Waals surface area contributed by atoms with Crippen LogP contribution in [-0.2, 0) is 0 Å². The Labute approximate surface area is 46.1 Å². The smallest absolute Gasteiger partial charge is 0.104 e. The third kappa shape index (κ3) is 11.5. The van der Waals surface area contributed by atoms with Crippen molar-refractivity contribution in [1.29, 1.82) is 0 Å². The second kappa shape index (κ2) is 8.96. The molecule has 0 bridgehead atoms. The summed E-state index contributed by atoms with van der Waals surface area (Å²) in [6.07, 6.45) is 0. The summed E-state index contributed by atoms with van der Waals surface area (Å²) in [5, 5.41) is 1.39. The lowest BCUT2D eigenvalue weighted by Crippen LogP contribution is -1.41. The van der Waals surface area contributed by atoms with E-state index < -0.39 is 0 Å². The molecular formula is C2H10Al2. The van der Waals surface area contributed by atoms with Crippen LogP contribution in [-0.4, -0.2) is 33.7 Å². The molecule has 0 saturated heterocycles. The SMILES string of the molecule is C[CH2][AlH2].[AlH3]. The Morgan fingerprint density at radius 1 is 1.75 bits per heavy atom. The van der Waals surface area contributed by atoms with E-state index in [0.717, 1.165) is 0 Å². The van der Waals surface area contributed by atoms with Crippen molar-refractivity contribution >= 4 is 33.7 Å². The summed E-state index contributed by atoms with van der Waals surface area (Å²) in [7, 11) is 0. The third-order valence-corrected chi connectivity index (χ3v) is 0. The standard InChI is InChI=1S/C2H5.2Al.5H/c1-2;;;;;;;/h1H2,2H3;;;;;;;. The second-order valence-corrected chi connectivity index (χ2v) is 2.12. The summed E-state index contributed by atoms with van der Waals surface area (Å²) >= 11 is 1.37. The maximum Gasteiger partial charge on any atom is 0.211 e. The van der Waals surface area contributed by atoms with Crippen molar-refractivity contribution in [2.45, 2.75) is 12.2 Å². The number of hydrogen-bond donors (Lipinski definition) is 0. The third-order valence-electron chi connectivity index (χ3n) is 0. The monoisotopic (exact) mass is 88.0 g/mol. The minimum absolute atomic E-state index is 0. The minimum Gasteiger partial charge on any atom is -0.104 e. The van der Waals surface area contributed by atoms with Crippen LogP contribution < -0.4 is 0 Å². The van der Waals surface area contributed by atoms with Gasteiger partial charge in [-0.15, -0.1) is 5.28 Å². The first-order valence-corrected chi connectivity index (χ1v) is 2.83. The number of hydrogen-bond acceptors (Lipinski definition) is 0. The summed E-state index contributed by atoms with van der Waals surface area (Å²) in [5.41, 5.74) is 0. The van der Waals surface area contributed by atoms with Crippen molar-refractivity contribution in [3.8, 4) is 0 Å². The quantitative estimate of drug-likeness (QED) is 0.329. The van der Waals surface area contributed by atoms with E-state index in [1.165, 1.54) is 21.6 Å². The highest BCUT2D eigenvalue weighted by Gasteiger charge is 1.41. The molecule has 0 heterocycles. The predicted octanol–water partition coefficient (Wildman–Crippen LogP) is -1.13. The topological polar surface area (TPSA) is 0 Å². The van der Waals surface area contributed by atoms with Crippen molar-refractivity contribution in [1.82, 2.24) is 0 Å². The van der Waals surface area contributed by atoms with Gasteiger partial charge in [0.15, 0.2) is 17.4 Å². The van der Waals surface area contributed by atoms with Gasteiger partial charge in [-0.25, -0.2) is 0 Å². The largest absolute Gasteiger partial charge is 0.211 e. The molecule has 0 aromatic carbocycles. The fourth-order valence-electron chi connectivity index (χ4n) is 0. The lowest BCUT2D eigenvalue weighted by Gasteiger charge is -1.44. The van der Waals surface area contributed by atoms with E-state index in [4.69, 9.17) is 0 Å². The van der Waals surface area contributed by atoms with Crippen molar-refractivity contribution in [3.05, 3.63) is 0 Å². The number of rotatable bonds is 0. The molecule has 0 nitrogen and oxygen atoms in total. The summed E-state index contributed by atoms with van der Waals surface area (Å²) in [6, 6.07) is 0. The van der Waals surface area contributed by atoms with Gasteiger partial charge >= 0.3 is 0 Å². The van der Waals surface area contributed by atoms with Crippen molar-refractivity contribution in [2.24, 2.45) is 0 Å². The summed E-state index contributed by atoms with van der Waals surface area (Å²) in [4.78, 5) is 0. The Balaban J connectivity index is 0.